The molecule has 0 saturated carbocycles. The van der Waals surface area contributed by atoms with Gasteiger partial charge in [0.05, 0.1) is 4.90 Å². The van der Waals surface area contributed by atoms with Gasteiger partial charge in [-0.15, -0.1) is 0 Å². The van der Waals surface area contributed by atoms with Gasteiger partial charge in [-0.3, -0.25) is 4.79 Å². The highest BCUT2D eigenvalue weighted by atomic mass is 32.2. The second-order valence-corrected chi connectivity index (χ2v) is 6.48. The summed E-state index contributed by atoms with van der Waals surface area (Å²) < 4.78 is 23.7. The molecule has 0 fully saturated rings. The van der Waals surface area contributed by atoms with Crippen LogP contribution in [-0.4, -0.2) is 25.4 Å². The Labute approximate surface area is 101 Å². The van der Waals surface area contributed by atoms with Crippen molar-refractivity contribution >= 4 is 15.6 Å². The van der Waals surface area contributed by atoms with Crippen molar-refractivity contribution in [3.05, 3.63) is 22.5 Å². The summed E-state index contributed by atoms with van der Waals surface area (Å²) in [6, 6.07) is 0. The van der Waals surface area contributed by atoms with Crippen LogP contribution >= 0.6 is 0 Å². The van der Waals surface area contributed by atoms with Crippen LogP contribution in [0.1, 0.15) is 40.2 Å². The van der Waals surface area contributed by atoms with Crippen LogP contribution in [-0.2, 0) is 16.3 Å². The summed E-state index contributed by atoms with van der Waals surface area (Å²) in [6.07, 6.45) is 2.98. The zero-order valence-electron chi connectivity index (χ0n) is 10.2. The van der Waals surface area contributed by atoms with Gasteiger partial charge in [0.1, 0.15) is 5.69 Å². The molecule has 0 bridgehead atoms. The van der Waals surface area contributed by atoms with Gasteiger partial charge >= 0.3 is 0 Å². The van der Waals surface area contributed by atoms with Gasteiger partial charge in [0, 0.05) is 23.9 Å². The van der Waals surface area contributed by atoms with Gasteiger partial charge < -0.3 is 0 Å². The first-order valence-electron chi connectivity index (χ1n) is 5.55. The fraction of sp³-hybridized carbons (Fsp3) is 0.500. The van der Waals surface area contributed by atoms with E-state index >= 15 is 0 Å². The lowest BCUT2D eigenvalue weighted by atomic mass is 9.93. The van der Waals surface area contributed by atoms with E-state index in [1.54, 1.807) is 13.8 Å². The molecule has 1 aromatic rings. The van der Waals surface area contributed by atoms with E-state index in [0.29, 0.717) is 46.7 Å². The minimum atomic E-state index is -3.31. The molecule has 0 aliphatic heterocycles. The SMILES string of the molecule is Cc1nc2c(c(S(C)(=O)=O)c1C)CCCC2=O. The average Bonchev–Trinajstić information content (AvgIpc) is 2.19. The third-order valence-electron chi connectivity index (χ3n) is 3.19. The van der Waals surface area contributed by atoms with E-state index in [1.165, 1.54) is 6.26 Å². The standard InChI is InChI=1S/C12H15NO3S/c1-7-8(2)13-11-9(5-4-6-10(11)14)12(7)17(3,15)16/h4-6H2,1-3H3. The first-order valence-corrected chi connectivity index (χ1v) is 7.45. The monoisotopic (exact) mass is 253 g/mol. The molecule has 5 heteroatoms. The van der Waals surface area contributed by atoms with Crippen LogP contribution in [0.25, 0.3) is 0 Å². The quantitative estimate of drug-likeness (QED) is 0.763. The van der Waals surface area contributed by atoms with Crippen LogP contribution in [0.3, 0.4) is 0 Å². The van der Waals surface area contributed by atoms with Crippen molar-refractivity contribution in [2.24, 2.45) is 0 Å². The second kappa shape index (κ2) is 3.91. The van der Waals surface area contributed by atoms with Crippen molar-refractivity contribution < 1.29 is 13.2 Å². The molecule has 0 amide bonds. The predicted octanol–water partition coefficient (Wildman–Crippen LogP) is 1.62. The number of aromatic nitrogens is 1. The summed E-state index contributed by atoms with van der Waals surface area (Å²) in [5.41, 5.74) is 2.27. The van der Waals surface area contributed by atoms with E-state index in [9.17, 15) is 13.2 Å². The number of pyridine rings is 1. The lowest BCUT2D eigenvalue weighted by molar-refractivity contribution is 0.0966. The lowest BCUT2D eigenvalue weighted by Crippen LogP contribution is -2.19. The Kier molecular flexibility index (Phi) is 2.81. The first kappa shape index (κ1) is 12.2. The third kappa shape index (κ3) is 1.99. The smallest absolute Gasteiger partial charge is 0.181 e. The van der Waals surface area contributed by atoms with E-state index in [0.717, 1.165) is 0 Å². The second-order valence-electron chi connectivity index (χ2n) is 4.53. The topological polar surface area (TPSA) is 64.1 Å². The zero-order valence-corrected chi connectivity index (χ0v) is 11.0. The minimum absolute atomic E-state index is 0.0424. The Morgan fingerprint density at radius 3 is 2.41 bits per heavy atom. The summed E-state index contributed by atoms with van der Waals surface area (Å²) >= 11 is 0. The minimum Gasteiger partial charge on any atom is -0.292 e. The molecule has 1 aliphatic carbocycles. The summed E-state index contributed by atoms with van der Waals surface area (Å²) in [5, 5.41) is 0. The summed E-state index contributed by atoms with van der Waals surface area (Å²) in [5.74, 6) is -0.0424. The molecular formula is C12H15NO3S. The Hall–Kier alpha value is -1.23. The molecule has 4 nitrogen and oxygen atoms in total. The van der Waals surface area contributed by atoms with Crippen molar-refractivity contribution in [1.82, 2.24) is 4.98 Å². The van der Waals surface area contributed by atoms with Crippen LogP contribution in [0.15, 0.2) is 4.90 Å². The van der Waals surface area contributed by atoms with Gasteiger partial charge in [-0.2, -0.15) is 0 Å². The van der Waals surface area contributed by atoms with Crippen molar-refractivity contribution in [2.75, 3.05) is 6.26 Å². The Morgan fingerprint density at radius 1 is 1.18 bits per heavy atom. The molecule has 1 heterocycles. The van der Waals surface area contributed by atoms with Gasteiger partial charge in [-0.1, -0.05) is 0 Å². The fourth-order valence-electron chi connectivity index (χ4n) is 2.33. The number of hydrogen-bond acceptors (Lipinski definition) is 4. The molecular weight excluding hydrogens is 238 g/mol. The normalized spacial score (nSPS) is 15.8. The van der Waals surface area contributed by atoms with Crippen LogP contribution in [0.5, 0.6) is 0 Å². The molecule has 2 rings (SSSR count). The number of aryl methyl sites for hydroxylation is 1. The fourth-order valence-corrected chi connectivity index (χ4v) is 3.68. The molecule has 0 saturated heterocycles. The molecule has 1 aliphatic rings. The lowest BCUT2D eigenvalue weighted by Gasteiger charge is -2.19. The largest absolute Gasteiger partial charge is 0.292 e. The third-order valence-corrected chi connectivity index (χ3v) is 4.48. The maximum Gasteiger partial charge on any atom is 0.181 e. The molecule has 1 aromatic heterocycles. The van der Waals surface area contributed by atoms with Crippen LogP contribution in [0, 0.1) is 13.8 Å². The molecule has 0 radical (unpaired) electrons. The molecule has 0 spiro atoms. The number of carbonyl (C=O) groups is 1. The highest BCUT2D eigenvalue weighted by molar-refractivity contribution is 7.90. The van der Waals surface area contributed by atoms with E-state index in [2.05, 4.69) is 4.98 Å². The van der Waals surface area contributed by atoms with Crippen molar-refractivity contribution in [2.45, 2.75) is 38.0 Å². The summed E-state index contributed by atoms with van der Waals surface area (Å²) in [4.78, 5) is 16.3. The van der Waals surface area contributed by atoms with Gasteiger partial charge in [0.2, 0.25) is 0 Å². The van der Waals surface area contributed by atoms with Crippen molar-refractivity contribution in [3.63, 3.8) is 0 Å². The first-order chi connectivity index (χ1) is 7.82. The molecule has 17 heavy (non-hydrogen) atoms. The summed E-state index contributed by atoms with van der Waals surface area (Å²) in [7, 11) is -3.31. The predicted molar refractivity (Wildman–Crippen MR) is 64.1 cm³/mol. The van der Waals surface area contributed by atoms with Crippen LogP contribution in [0.4, 0.5) is 0 Å². The maximum absolute atomic E-state index is 11.8. The molecule has 0 atom stereocenters. The molecule has 92 valence electrons. The highest BCUT2D eigenvalue weighted by Crippen LogP contribution is 2.30. The van der Waals surface area contributed by atoms with Crippen LogP contribution in [0.2, 0.25) is 0 Å². The summed E-state index contributed by atoms with van der Waals surface area (Å²) in [6.45, 7) is 3.49. The molecule has 0 unspecified atom stereocenters. The number of carbonyl (C=O) groups excluding carboxylic acids is 1. The Morgan fingerprint density at radius 2 is 1.82 bits per heavy atom. The number of fused-ring (bicyclic) bond motifs is 1. The van der Waals surface area contributed by atoms with Crippen molar-refractivity contribution in [1.29, 1.82) is 0 Å². The van der Waals surface area contributed by atoms with Gasteiger partial charge in [0.15, 0.2) is 15.6 Å². The number of nitrogens with zero attached hydrogens (tertiary/aromatic N) is 1. The van der Waals surface area contributed by atoms with Gasteiger partial charge in [-0.25, -0.2) is 13.4 Å². The van der Waals surface area contributed by atoms with E-state index < -0.39 is 9.84 Å². The maximum atomic E-state index is 11.8. The number of hydrogen-bond donors (Lipinski definition) is 0. The zero-order chi connectivity index (χ0) is 12.8. The highest BCUT2D eigenvalue weighted by Gasteiger charge is 2.27. The van der Waals surface area contributed by atoms with Gasteiger partial charge in [-0.05, 0) is 32.3 Å². The van der Waals surface area contributed by atoms with Gasteiger partial charge in [0.25, 0.3) is 0 Å². The number of Topliss-reactive ketones (excluding diaryl/α,β-unsaturated/α-hetero) is 1. The van der Waals surface area contributed by atoms with E-state index in [1.807, 2.05) is 0 Å². The Balaban J connectivity index is 2.87. The van der Waals surface area contributed by atoms with E-state index in [-0.39, 0.29) is 5.78 Å². The van der Waals surface area contributed by atoms with Crippen LogP contribution < -0.4 is 0 Å². The van der Waals surface area contributed by atoms with E-state index in [4.69, 9.17) is 0 Å². The number of rotatable bonds is 1. The number of ketones is 1. The average molecular weight is 253 g/mol. The number of sulfone groups is 1. The molecule has 0 aromatic carbocycles. The molecule has 0 N–H and O–H groups in total. The van der Waals surface area contributed by atoms with Crippen molar-refractivity contribution in [3.8, 4) is 0 Å². The Bertz CT molecular complexity index is 603.